The van der Waals surface area contributed by atoms with Crippen molar-refractivity contribution in [2.24, 2.45) is 5.92 Å². The number of thioether (sulfide) groups is 1. The molecule has 1 saturated carbocycles. The minimum Gasteiger partial charge on any atom is -0.469 e. The van der Waals surface area contributed by atoms with Crippen LogP contribution >= 0.6 is 11.8 Å². The Morgan fingerprint density at radius 2 is 2.05 bits per heavy atom. The van der Waals surface area contributed by atoms with E-state index in [0.29, 0.717) is 10.4 Å². The van der Waals surface area contributed by atoms with Gasteiger partial charge in [-0.1, -0.05) is 32.5 Å². The summed E-state index contributed by atoms with van der Waals surface area (Å²) in [6.45, 7) is 6.14. The van der Waals surface area contributed by atoms with Gasteiger partial charge in [-0.2, -0.15) is 0 Å². The summed E-state index contributed by atoms with van der Waals surface area (Å²) in [4.78, 5) is 11.3. The molecule has 0 atom stereocenters. The Kier molecular flexibility index (Phi) is 3.75. The summed E-state index contributed by atoms with van der Waals surface area (Å²) >= 11 is 1.58. The van der Waals surface area contributed by atoms with Crippen LogP contribution in [-0.4, -0.2) is 33.2 Å². The number of nitrogens with two attached hydrogens (primary N) is 1. The van der Waals surface area contributed by atoms with Gasteiger partial charge in [-0.3, -0.25) is 4.79 Å². The van der Waals surface area contributed by atoms with E-state index in [9.17, 15) is 4.79 Å². The van der Waals surface area contributed by atoms with Gasteiger partial charge in [0.05, 0.1) is 13.0 Å². The zero-order valence-corrected chi connectivity index (χ0v) is 12.5. The number of hydrogen-bond donors (Lipinski definition) is 1. The third-order valence-electron chi connectivity index (χ3n) is 3.24. The molecule has 1 fully saturated rings. The normalized spacial score (nSPS) is 22.9. The maximum atomic E-state index is 11.3. The fourth-order valence-electron chi connectivity index (χ4n) is 2.04. The Hall–Kier alpha value is -1.24. The molecule has 106 valence electrons. The smallest absolute Gasteiger partial charge is 0.308 e. The molecule has 1 aromatic rings. The van der Waals surface area contributed by atoms with E-state index < -0.39 is 0 Å². The van der Waals surface area contributed by atoms with E-state index in [1.54, 1.807) is 16.4 Å². The van der Waals surface area contributed by atoms with Crippen molar-refractivity contribution in [2.45, 2.75) is 49.4 Å². The zero-order valence-electron chi connectivity index (χ0n) is 11.7. The highest BCUT2D eigenvalue weighted by molar-refractivity contribution is 7.99. The lowest BCUT2D eigenvalue weighted by molar-refractivity contribution is -0.148. The Morgan fingerprint density at radius 3 is 2.53 bits per heavy atom. The molecule has 0 aromatic carbocycles. The lowest BCUT2D eigenvalue weighted by Crippen LogP contribution is -2.33. The number of esters is 1. The first kappa shape index (κ1) is 14.2. The molecule has 2 rings (SSSR count). The van der Waals surface area contributed by atoms with Crippen molar-refractivity contribution in [3.63, 3.8) is 0 Å². The van der Waals surface area contributed by atoms with Gasteiger partial charge in [0.1, 0.15) is 0 Å². The number of nitrogens with zero attached hydrogens (tertiary/aromatic N) is 3. The molecule has 0 bridgehead atoms. The highest BCUT2D eigenvalue weighted by atomic mass is 32.2. The van der Waals surface area contributed by atoms with Crippen molar-refractivity contribution in [3.8, 4) is 0 Å². The maximum absolute atomic E-state index is 11.3. The second kappa shape index (κ2) is 5.03. The van der Waals surface area contributed by atoms with Crippen LogP contribution in [0.4, 0.5) is 0 Å². The topological polar surface area (TPSA) is 83.0 Å². The van der Waals surface area contributed by atoms with Crippen molar-refractivity contribution >= 4 is 17.7 Å². The standard InChI is InChI=1S/C12H20N4O2S/c1-12(2,3)10-14-15-11(16(10)13)19-8-5-7(6-8)9(17)18-4/h7-8H,5-6,13H2,1-4H3. The average Bonchev–Trinajstić information content (AvgIpc) is 2.63. The molecule has 0 amide bonds. The van der Waals surface area contributed by atoms with E-state index in [4.69, 9.17) is 10.6 Å². The van der Waals surface area contributed by atoms with Crippen LogP contribution in [0, 0.1) is 5.92 Å². The number of aromatic nitrogens is 3. The van der Waals surface area contributed by atoms with Crippen LogP contribution < -0.4 is 5.84 Å². The molecule has 1 heterocycles. The zero-order chi connectivity index (χ0) is 14.2. The Labute approximate surface area is 117 Å². The molecule has 0 spiro atoms. The van der Waals surface area contributed by atoms with Crippen LogP contribution in [-0.2, 0) is 14.9 Å². The Bertz CT molecular complexity index is 475. The average molecular weight is 284 g/mol. The van der Waals surface area contributed by atoms with Gasteiger partial charge in [0, 0.05) is 10.7 Å². The first-order valence-corrected chi connectivity index (χ1v) is 7.16. The Balaban J connectivity index is 1.96. The van der Waals surface area contributed by atoms with Gasteiger partial charge in [0.25, 0.3) is 0 Å². The number of rotatable bonds is 3. The summed E-state index contributed by atoms with van der Waals surface area (Å²) in [5.74, 6) is 6.68. The molecular weight excluding hydrogens is 264 g/mol. The second-order valence-corrected chi connectivity index (χ2v) is 7.13. The van der Waals surface area contributed by atoms with Gasteiger partial charge in [-0.05, 0) is 12.8 Å². The monoisotopic (exact) mass is 284 g/mol. The predicted molar refractivity (Wildman–Crippen MR) is 73.3 cm³/mol. The number of nitrogen functional groups attached to an aromatic ring is 1. The molecule has 1 aromatic heterocycles. The molecule has 1 aliphatic rings. The summed E-state index contributed by atoms with van der Waals surface area (Å²) in [7, 11) is 1.43. The van der Waals surface area contributed by atoms with Crippen LogP contribution in [0.1, 0.15) is 39.4 Å². The van der Waals surface area contributed by atoms with E-state index in [1.807, 2.05) is 20.8 Å². The molecule has 0 unspecified atom stereocenters. The predicted octanol–water partition coefficient (Wildman–Crippen LogP) is 1.33. The molecule has 2 N–H and O–H groups in total. The van der Waals surface area contributed by atoms with Crippen LogP contribution in [0.25, 0.3) is 0 Å². The van der Waals surface area contributed by atoms with E-state index >= 15 is 0 Å². The van der Waals surface area contributed by atoms with E-state index in [1.165, 1.54) is 7.11 Å². The molecule has 0 radical (unpaired) electrons. The van der Waals surface area contributed by atoms with Crippen molar-refractivity contribution in [2.75, 3.05) is 13.0 Å². The first-order valence-electron chi connectivity index (χ1n) is 6.28. The fourth-order valence-corrected chi connectivity index (χ4v) is 3.28. The quantitative estimate of drug-likeness (QED) is 0.666. The van der Waals surface area contributed by atoms with Crippen molar-refractivity contribution in [1.29, 1.82) is 0 Å². The molecule has 6 nitrogen and oxygen atoms in total. The van der Waals surface area contributed by atoms with Crippen molar-refractivity contribution in [3.05, 3.63) is 5.82 Å². The lowest BCUT2D eigenvalue weighted by Gasteiger charge is -2.31. The summed E-state index contributed by atoms with van der Waals surface area (Å²) in [5, 5.41) is 9.34. The summed E-state index contributed by atoms with van der Waals surface area (Å²) in [6, 6.07) is 0. The number of methoxy groups -OCH3 is 1. The van der Waals surface area contributed by atoms with E-state index in [-0.39, 0.29) is 17.3 Å². The second-order valence-electron chi connectivity index (χ2n) is 5.86. The highest BCUT2D eigenvalue weighted by Gasteiger charge is 2.37. The van der Waals surface area contributed by atoms with Crippen molar-refractivity contribution < 1.29 is 9.53 Å². The number of carbonyl (C=O) groups is 1. The minimum absolute atomic E-state index is 0.0266. The minimum atomic E-state index is -0.130. The van der Waals surface area contributed by atoms with Gasteiger partial charge in [0.15, 0.2) is 5.82 Å². The molecule has 7 heteroatoms. The van der Waals surface area contributed by atoms with Crippen LogP contribution in [0.15, 0.2) is 5.16 Å². The summed E-state index contributed by atoms with van der Waals surface area (Å²) in [5.41, 5.74) is -0.130. The van der Waals surface area contributed by atoms with Crippen LogP contribution in [0.3, 0.4) is 0 Å². The highest BCUT2D eigenvalue weighted by Crippen LogP contribution is 2.40. The lowest BCUT2D eigenvalue weighted by atomic mass is 9.85. The molecule has 1 aliphatic carbocycles. The van der Waals surface area contributed by atoms with Gasteiger partial charge < -0.3 is 10.6 Å². The van der Waals surface area contributed by atoms with Crippen molar-refractivity contribution in [1.82, 2.24) is 14.9 Å². The molecular formula is C12H20N4O2S. The van der Waals surface area contributed by atoms with Crippen LogP contribution in [0.2, 0.25) is 0 Å². The number of ether oxygens (including phenoxy) is 1. The summed E-state index contributed by atoms with van der Waals surface area (Å²) in [6.07, 6.45) is 1.63. The first-order chi connectivity index (χ1) is 8.82. The maximum Gasteiger partial charge on any atom is 0.308 e. The third kappa shape index (κ3) is 2.86. The van der Waals surface area contributed by atoms with Gasteiger partial charge in [-0.25, -0.2) is 4.68 Å². The molecule has 0 saturated heterocycles. The largest absolute Gasteiger partial charge is 0.469 e. The third-order valence-corrected chi connectivity index (χ3v) is 4.44. The van der Waals surface area contributed by atoms with E-state index in [2.05, 4.69) is 10.2 Å². The van der Waals surface area contributed by atoms with Crippen LogP contribution in [0.5, 0.6) is 0 Å². The van der Waals surface area contributed by atoms with E-state index in [0.717, 1.165) is 18.7 Å². The fraction of sp³-hybridized carbons (Fsp3) is 0.750. The summed E-state index contributed by atoms with van der Waals surface area (Å²) < 4.78 is 6.27. The Morgan fingerprint density at radius 1 is 1.42 bits per heavy atom. The van der Waals surface area contributed by atoms with Gasteiger partial charge in [0.2, 0.25) is 5.16 Å². The van der Waals surface area contributed by atoms with Gasteiger partial charge >= 0.3 is 5.97 Å². The number of hydrogen-bond acceptors (Lipinski definition) is 6. The molecule has 0 aliphatic heterocycles. The molecule has 19 heavy (non-hydrogen) atoms. The SMILES string of the molecule is COC(=O)C1CC(Sc2nnc(C(C)(C)C)n2N)C1. The number of carbonyl (C=O) groups excluding carboxylic acids is 1. The van der Waals surface area contributed by atoms with Gasteiger partial charge in [-0.15, -0.1) is 10.2 Å².